The van der Waals surface area contributed by atoms with E-state index in [2.05, 4.69) is 20.8 Å². The molecule has 0 amide bonds. The van der Waals surface area contributed by atoms with E-state index in [9.17, 15) is 0 Å². The molecule has 0 heterocycles. The van der Waals surface area contributed by atoms with E-state index in [0.29, 0.717) is 0 Å². The monoisotopic (exact) mass is 228 g/mol. The van der Waals surface area contributed by atoms with Crippen molar-refractivity contribution in [3.05, 3.63) is 60.2 Å². The van der Waals surface area contributed by atoms with Crippen LogP contribution in [0.4, 0.5) is 0 Å². The quantitative estimate of drug-likeness (QED) is 0.686. The molecular weight excluding hydrogens is 208 g/mol. The van der Waals surface area contributed by atoms with Gasteiger partial charge < -0.3 is 4.74 Å². The highest BCUT2D eigenvalue weighted by Crippen LogP contribution is 2.20. The van der Waals surface area contributed by atoms with Crippen LogP contribution in [0.1, 0.15) is 25.8 Å². The zero-order valence-electron chi connectivity index (χ0n) is 10.8. The summed E-state index contributed by atoms with van der Waals surface area (Å²) in [5, 5.41) is 0. The number of ether oxygens (including phenoxy) is 1. The lowest BCUT2D eigenvalue weighted by Gasteiger charge is -2.04. The van der Waals surface area contributed by atoms with E-state index in [4.69, 9.17) is 4.74 Å². The normalized spacial score (nSPS) is 9.12. The maximum Gasteiger partial charge on any atom is 0.127 e. The largest absolute Gasteiger partial charge is 0.457 e. The van der Waals surface area contributed by atoms with E-state index >= 15 is 0 Å². The Morgan fingerprint density at radius 3 is 1.76 bits per heavy atom. The van der Waals surface area contributed by atoms with Gasteiger partial charge in [-0.1, -0.05) is 56.2 Å². The molecule has 2 rings (SSSR count). The summed E-state index contributed by atoms with van der Waals surface area (Å²) in [5.41, 5.74) is 1.24. The lowest BCUT2D eigenvalue weighted by atomic mass is 10.2. The first-order valence-corrected chi connectivity index (χ1v) is 6.05. The Bertz CT molecular complexity index is 403. The van der Waals surface area contributed by atoms with Crippen LogP contribution >= 0.6 is 0 Å². The van der Waals surface area contributed by atoms with Gasteiger partial charge in [0.15, 0.2) is 0 Å². The smallest absolute Gasteiger partial charge is 0.127 e. The molecule has 1 nitrogen and oxygen atoms in total. The van der Waals surface area contributed by atoms with Crippen molar-refractivity contribution in [2.45, 2.75) is 27.2 Å². The molecular formula is C16H20O. The summed E-state index contributed by atoms with van der Waals surface area (Å²) in [7, 11) is 0. The minimum absolute atomic E-state index is 0.872. The number of aryl methyl sites for hydroxylation is 1. The van der Waals surface area contributed by atoms with Crippen molar-refractivity contribution in [1.29, 1.82) is 0 Å². The van der Waals surface area contributed by atoms with Crippen LogP contribution in [0.2, 0.25) is 0 Å². The summed E-state index contributed by atoms with van der Waals surface area (Å²) in [6.07, 6.45) is 1.25. The van der Waals surface area contributed by atoms with Crippen molar-refractivity contribution >= 4 is 0 Å². The number of hydrogen-bond donors (Lipinski definition) is 0. The summed E-state index contributed by atoms with van der Waals surface area (Å²) in [6.45, 7) is 6.31. The fraction of sp³-hybridized carbons (Fsp3) is 0.250. The van der Waals surface area contributed by atoms with Crippen LogP contribution in [0.15, 0.2) is 54.6 Å². The number of para-hydroxylation sites is 1. The number of benzene rings is 2. The van der Waals surface area contributed by atoms with Crippen LogP contribution in [-0.4, -0.2) is 0 Å². The zero-order valence-corrected chi connectivity index (χ0v) is 10.8. The average molecular weight is 228 g/mol. The summed E-state index contributed by atoms with van der Waals surface area (Å²) in [4.78, 5) is 0. The summed E-state index contributed by atoms with van der Waals surface area (Å²) < 4.78 is 5.63. The maximum atomic E-state index is 5.63. The van der Waals surface area contributed by atoms with Crippen LogP contribution in [-0.2, 0) is 0 Å². The highest BCUT2D eigenvalue weighted by Gasteiger charge is 1.94. The van der Waals surface area contributed by atoms with Gasteiger partial charge in [-0.3, -0.25) is 0 Å². The van der Waals surface area contributed by atoms with E-state index in [1.807, 2.05) is 54.6 Å². The minimum Gasteiger partial charge on any atom is -0.457 e. The molecule has 0 saturated heterocycles. The first-order valence-electron chi connectivity index (χ1n) is 6.05. The van der Waals surface area contributed by atoms with E-state index in [0.717, 1.165) is 11.5 Å². The Labute approximate surface area is 104 Å². The van der Waals surface area contributed by atoms with Crippen LogP contribution in [0.3, 0.4) is 0 Å². The molecule has 2 aromatic carbocycles. The van der Waals surface area contributed by atoms with Crippen molar-refractivity contribution < 1.29 is 4.74 Å². The fourth-order valence-electron chi connectivity index (χ4n) is 1.23. The Morgan fingerprint density at radius 1 is 0.765 bits per heavy atom. The SMILES string of the molecule is CCC.Cc1ccc(Oc2ccccc2)cc1. The molecule has 1 heteroatoms. The number of hydrogen-bond acceptors (Lipinski definition) is 1. The molecule has 17 heavy (non-hydrogen) atoms. The molecule has 0 aliphatic heterocycles. The van der Waals surface area contributed by atoms with Gasteiger partial charge >= 0.3 is 0 Å². The zero-order chi connectivity index (χ0) is 12.5. The van der Waals surface area contributed by atoms with Gasteiger partial charge in [0.2, 0.25) is 0 Å². The molecule has 90 valence electrons. The molecule has 0 unspecified atom stereocenters. The van der Waals surface area contributed by atoms with Gasteiger partial charge in [0.05, 0.1) is 0 Å². The van der Waals surface area contributed by atoms with E-state index in [-0.39, 0.29) is 0 Å². The van der Waals surface area contributed by atoms with E-state index in [1.54, 1.807) is 0 Å². The third-order valence-electron chi connectivity index (χ3n) is 2.00. The molecule has 2 aromatic rings. The first-order chi connectivity index (χ1) is 8.26. The van der Waals surface area contributed by atoms with Gasteiger partial charge in [-0.25, -0.2) is 0 Å². The third-order valence-corrected chi connectivity index (χ3v) is 2.00. The highest BCUT2D eigenvalue weighted by atomic mass is 16.5. The lowest BCUT2D eigenvalue weighted by Crippen LogP contribution is -1.82. The fourth-order valence-corrected chi connectivity index (χ4v) is 1.23. The Balaban J connectivity index is 0.000000437. The van der Waals surface area contributed by atoms with Crippen LogP contribution in [0.5, 0.6) is 11.5 Å². The van der Waals surface area contributed by atoms with Gasteiger partial charge in [-0.2, -0.15) is 0 Å². The predicted octanol–water partition coefficient (Wildman–Crippen LogP) is 5.20. The van der Waals surface area contributed by atoms with Crippen LogP contribution in [0.25, 0.3) is 0 Å². The Morgan fingerprint density at radius 2 is 1.24 bits per heavy atom. The Hall–Kier alpha value is -1.76. The minimum atomic E-state index is 0.872. The second-order valence-corrected chi connectivity index (χ2v) is 3.94. The molecule has 0 bridgehead atoms. The molecule has 0 aromatic heterocycles. The predicted molar refractivity (Wildman–Crippen MR) is 73.7 cm³/mol. The molecule has 0 saturated carbocycles. The molecule has 0 aliphatic carbocycles. The second-order valence-electron chi connectivity index (χ2n) is 3.94. The van der Waals surface area contributed by atoms with Crippen molar-refractivity contribution in [3.8, 4) is 11.5 Å². The molecule has 0 atom stereocenters. The van der Waals surface area contributed by atoms with E-state index < -0.39 is 0 Å². The summed E-state index contributed by atoms with van der Waals surface area (Å²) in [6, 6.07) is 17.8. The first kappa shape index (κ1) is 13.3. The van der Waals surface area contributed by atoms with Gasteiger partial charge in [0, 0.05) is 0 Å². The van der Waals surface area contributed by atoms with Crippen molar-refractivity contribution in [2.24, 2.45) is 0 Å². The number of rotatable bonds is 2. The summed E-state index contributed by atoms with van der Waals surface area (Å²) >= 11 is 0. The maximum absolute atomic E-state index is 5.63. The van der Waals surface area contributed by atoms with Crippen molar-refractivity contribution in [3.63, 3.8) is 0 Å². The van der Waals surface area contributed by atoms with Gasteiger partial charge in [-0.05, 0) is 31.2 Å². The standard InChI is InChI=1S/C13H12O.C3H8/c1-11-7-9-13(10-8-11)14-12-5-3-2-4-6-12;1-3-2/h2-10H,1H3;3H2,1-2H3. The van der Waals surface area contributed by atoms with E-state index in [1.165, 1.54) is 12.0 Å². The van der Waals surface area contributed by atoms with Gasteiger partial charge in [0.1, 0.15) is 11.5 Å². The highest BCUT2D eigenvalue weighted by molar-refractivity contribution is 5.32. The lowest BCUT2D eigenvalue weighted by molar-refractivity contribution is 0.482. The molecule has 0 fully saturated rings. The van der Waals surface area contributed by atoms with Crippen LogP contribution in [0, 0.1) is 6.92 Å². The van der Waals surface area contributed by atoms with Crippen molar-refractivity contribution in [2.75, 3.05) is 0 Å². The van der Waals surface area contributed by atoms with Gasteiger partial charge in [-0.15, -0.1) is 0 Å². The molecule has 0 spiro atoms. The topological polar surface area (TPSA) is 9.23 Å². The van der Waals surface area contributed by atoms with Gasteiger partial charge in [0.25, 0.3) is 0 Å². The third kappa shape index (κ3) is 5.21. The Kier molecular flexibility index (Phi) is 5.87. The van der Waals surface area contributed by atoms with Crippen molar-refractivity contribution in [1.82, 2.24) is 0 Å². The second kappa shape index (κ2) is 7.50. The molecule has 0 aliphatic rings. The van der Waals surface area contributed by atoms with Crippen LogP contribution < -0.4 is 4.74 Å². The average Bonchev–Trinajstić information content (AvgIpc) is 2.35. The summed E-state index contributed by atoms with van der Waals surface area (Å²) in [5.74, 6) is 1.75. The molecule has 0 N–H and O–H groups in total. The molecule has 0 radical (unpaired) electrons.